The number of ether oxygens (including phenoxy) is 4. The third kappa shape index (κ3) is 6.21. The molecule has 2 unspecified atom stereocenters. The summed E-state index contributed by atoms with van der Waals surface area (Å²) in [6.45, 7) is 1.13. The smallest absolute Gasteiger partial charge is 0.248 e. The Balaban J connectivity index is 1.27. The molecule has 2 aliphatic rings. The van der Waals surface area contributed by atoms with Crippen LogP contribution in [0.1, 0.15) is 29.3 Å². The van der Waals surface area contributed by atoms with Crippen LogP contribution in [0, 0.1) is 0 Å². The first-order valence-corrected chi connectivity index (χ1v) is 14.5. The highest BCUT2D eigenvalue weighted by Gasteiger charge is 2.34. The van der Waals surface area contributed by atoms with Crippen molar-refractivity contribution in [3.05, 3.63) is 70.4 Å². The molecule has 2 amide bonds. The van der Waals surface area contributed by atoms with Gasteiger partial charge in [0, 0.05) is 30.1 Å². The zero-order valence-corrected chi connectivity index (χ0v) is 23.8. The highest BCUT2D eigenvalue weighted by Crippen LogP contribution is 2.34. The number of carbonyl (C=O) groups excluding carboxylic acids is 2. The summed E-state index contributed by atoms with van der Waals surface area (Å²) in [4.78, 5) is 31.3. The summed E-state index contributed by atoms with van der Waals surface area (Å²) in [5.74, 6) is 1.68. The predicted octanol–water partition coefficient (Wildman–Crippen LogP) is 3.20. The van der Waals surface area contributed by atoms with Crippen molar-refractivity contribution >= 4 is 23.2 Å². The molecule has 2 aromatic carbocycles. The maximum absolute atomic E-state index is 14.0. The Labute approximate surface area is 246 Å². The molecule has 4 aromatic rings. The van der Waals surface area contributed by atoms with Crippen LogP contribution in [0.3, 0.4) is 0 Å². The van der Waals surface area contributed by atoms with Crippen LogP contribution in [0.25, 0.3) is 11.4 Å². The minimum atomic E-state index is -0.881. The molecule has 0 saturated carbocycles. The van der Waals surface area contributed by atoms with Gasteiger partial charge in [0.05, 0.1) is 13.2 Å². The third-order valence-corrected chi connectivity index (χ3v) is 8.01. The Bertz CT molecular complexity index is 1520. The molecular formula is C29H30N6O6S. The van der Waals surface area contributed by atoms with Gasteiger partial charge in [0.1, 0.15) is 18.3 Å². The van der Waals surface area contributed by atoms with Crippen LogP contribution in [-0.2, 0) is 27.4 Å². The minimum Gasteiger partial charge on any atom is -0.497 e. The average molecular weight is 591 g/mol. The number of nitrogens with one attached hydrogen (secondary N) is 1. The number of benzene rings is 2. The zero-order valence-electron chi connectivity index (χ0n) is 23.0. The van der Waals surface area contributed by atoms with Gasteiger partial charge in [-0.3, -0.25) is 9.59 Å². The van der Waals surface area contributed by atoms with Crippen LogP contribution in [0.5, 0.6) is 17.2 Å². The van der Waals surface area contributed by atoms with Gasteiger partial charge in [-0.2, -0.15) is 4.80 Å². The monoisotopic (exact) mass is 590 g/mol. The second kappa shape index (κ2) is 12.6. The van der Waals surface area contributed by atoms with E-state index in [1.165, 1.54) is 16.1 Å². The Morgan fingerprint density at radius 2 is 2.02 bits per heavy atom. The first-order chi connectivity index (χ1) is 20.6. The Morgan fingerprint density at radius 3 is 2.79 bits per heavy atom. The number of nitrogens with zero attached hydrogens (tertiary/aromatic N) is 5. The van der Waals surface area contributed by atoms with Crippen molar-refractivity contribution in [1.82, 2.24) is 30.4 Å². The predicted molar refractivity (Wildman–Crippen MR) is 152 cm³/mol. The molecule has 2 atom stereocenters. The summed E-state index contributed by atoms with van der Waals surface area (Å²) in [5.41, 5.74) is 1.52. The number of aromatic nitrogens is 4. The summed E-state index contributed by atoms with van der Waals surface area (Å²) in [5, 5.41) is 17.6. The van der Waals surface area contributed by atoms with Gasteiger partial charge in [-0.05, 0) is 71.5 Å². The van der Waals surface area contributed by atoms with E-state index in [9.17, 15) is 9.59 Å². The van der Waals surface area contributed by atoms with Crippen LogP contribution < -0.4 is 19.5 Å². The van der Waals surface area contributed by atoms with E-state index in [2.05, 4.69) is 20.7 Å². The van der Waals surface area contributed by atoms with Crippen LogP contribution in [0.4, 0.5) is 0 Å². The molecule has 1 fully saturated rings. The number of tetrazole rings is 1. The second-order valence-corrected chi connectivity index (χ2v) is 10.9. The lowest BCUT2D eigenvalue weighted by Gasteiger charge is -2.31. The van der Waals surface area contributed by atoms with Crippen molar-refractivity contribution in [3.63, 3.8) is 0 Å². The van der Waals surface area contributed by atoms with E-state index in [1.807, 2.05) is 41.8 Å². The van der Waals surface area contributed by atoms with E-state index in [4.69, 9.17) is 18.9 Å². The summed E-state index contributed by atoms with van der Waals surface area (Å²) in [6.07, 6.45) is 1.82. The molecule has 0 aliphatic carbocycles. The van der Waals surface area contributed by atoms with Gasteiger partial charge >= 0.3 is 0 Å². The van der Waals surface area contributed by atoms with Crippen LogP contribution >= 0.6 is 11.3 Å². The lowest BCUT2D eigenvalue weighted by atomic mass is 10.1. The number of amides is 2. The maximum Gasteiger partial charge on any atom is 0.248 e. The van der Waals surface area contributed by atoms with Gasteiger partial charge in [0.15, 0.2) is 11.5 Å². The lowest BCUT2D eigenvalue weighted by molar-refractivity contribution is -0.142. The van der Waals surface area contributed by atoms with E-state index in [-0.39, 0.29) is 37.8 Å². The largest absolute Gasteiger partial charge is 0.497 e. The van der Waals surface area contributed by atoms with Gasteiger partial charge < -0.3 is 29.2 Å². The van der Waals surface area contributed by atoms with Crippen LogP contribution in [0.2, 0.25) is 0 Å². The number of rotatable bonds is 11. The number of carbonyl (C=O) groups is 2. The first-order valence-electron chi connectivity index (χ1n) is 13.6. The van der Waals surface area contributed by atoms with Gasteiger partial charge in [-0.25, -0.2) is 0 Å². The van der Waals surface area contributed by atoms with Crippen molar-refractivity contribution in [2.24, 2.45) is 0 Å². The average Bonchev–Trinajstić information content (AvgIpc) is 3.84. The van der Waals surface area contributed by atoms with E-state index in [0.717, 1.165) is 28.8 Å². The SMILES string of the molecule is COc1ccc(-c2nnn(CC(=O)N(Cc3ccc4c(c3)OCO4)C(C(=O)NCC3CCCO3)c3cccs3)n2)cc1. The Morgan fingerprint density at radius 1 is 1.17 bits per heavy atom. The standard InChI is InChI=1S/C29H30N6O6S/c1-38-21-9-7-20(8-10-21)28-31-33-35(32-28)17-26(36)34(16-19-6-11-23-24(14-19)41-18-40-23)27(25-5-3-13-42-25)29(37)30-15-22-4-2-12-39-22/h3,5-11,13-14,22,27H,2,4,12,15-18H2,1H3,(H,30,37). The van der Waals surface area contributed by atoms with E-state index in [0.29, 0.717) is 36.2 Å². The van der Waals surface area contributed by atoms with Gasteiger partial charge in [0.25, 0.3) is 0 Å². The van der Waals surface area contributed by atoms with Gasteiger partial charge in [-0.15, -0.1) is 21.5 Å². The number of fused-ring (bicyclic) bond motifs is 1. The second-order valence-electron chi connectivity index (χ2n) is 9.88. The molecule has 42 heavy (non-hydrogen) atoms. The number of hydrogen-bond donors (Lipinski definition) is 1. The highest BCUT2D eigenvalue weighted by atomic mass is 32.1. The normalized spacial score (nSPS) is 16.3. The van der Waals surface area contributed by atoms with E-state index in [1.54, 1.807) is 30.2 Å². The molecule has 2 aliphatic heterocycles. The molecule has 12 nitrogen and oxygen atoms in total. The van der Waals surface area contributed by atoms with Crippen molar-refractivity contribution in [3.8, 4) is 28.6 Å². The fraction of sp³-hybridized carbons (Fsp3) is 0.345. The van der Waals surface area contributed by atoms with E-state index >= 15 is 0 Å². The highest BCUT2D eigenvalue weighted by molar-refractivity contribution is 7.10. The van der Waals surface area contributed by atoms with Gasteiger partial charge in [0.2, 0.25) is 24.4 Å². The fourth-order valence-corrected chi connectivity index (χ4v) is 5.76. The fourth-order valence-electron chi connectivity index (χ4n) is 4.92. The maximum atomic E-state index is 14.0. The molecule has 2 aromatic heterocycles. The molecule has 0 bridgehead atoms. The molecule has 1 N–H and O–H groups in total. The molecule has 218 valence electrons. The minimum absolute atomic E-state index is 0.0355. The van der Waals surface area contributed by atoms with Crippen molar-refractivity contribution in [2.45, 2.75) is 38.1 Å². The molecule has 13 heteroatoms. The van der Waals surface area contributed by atoms with Crippen LogP contribution in [0.15, 0.2) is 60.0 Å². The summed E-state index contributed by atoms with van der Waals surface area (Å²) in [6, 6.07) is 15.6. The van der Waals surface area contributed by atoms with Gasteiger partial charge in [-0.1, -0.05) is 12.1 Å². The molecule has 4 heterocycles. The number of hydrogen-bond acceptors (Lipinski definition) is 10. The van der Waals surface area contributed by atoms with Crippen molar-refractivity contribution in [1.29, 1.82) is 0 Å². The lowest BCUT2D eigenvalue weighted by Crippen LogP contribution is -2.45. The topological polar surface area (TPSA) is 130 Å². The van der Waals surface area contributed by atoms with E-state index < -0.39 is 6.04 Å². The first kappa shape index (κ1) is 27.7. The number of thiophene rings is 1. The molecule has 1 saturated heterocycles. The zero-order chi connectivity index (χ0) is 28.9. The molecule has 6 rings (SSSR count). The summed E-state index contributed by atoms with van der Waals surface area (Å²) in [7, 11) is 1.59. The summed E-state index contributed by atoms with van der Waals surface area (Å²) < 4.78 is 21.9. The summed E-state index contributed by atoms with van der Waals surface area (Å²) >= 11 is 1.41. The quantitative estimate of drug-likeness (QED) is 0.280. The Hall–Kier alpha value is -4.49. The molecule has 0 spiro atoms. The van der Waals surface area contributed by atoms with Crippen LogP contribution in [-0.4, -0.2) is 70.1 Å². The van der Waals surface area contributed by atoms with Crippen molar-refractivity contribution < 1.29 is 28.5 Å². The third-order valence-electron chi connectivity index (χ3n) is 7.09. The Kier molecular flexibility index (Phi) is 8.28. The van der Waals surface area contributed by atoms with Crippen molar-refractivity contribution in [2.75, 3.05) is 27.1 Å². The number of methoxy groups -OCH3 is 1. The molecular weight excluding hydrogens is 560 g/mol. The molecule has 0 radical (unpaired) electrons.